The third kappa shape index (κ3) is 2.05. The van der Waals surface area contributed by atoms with Crippen LogP contribution in [0.1, 0.15) is 13.8 Å². The standard InChI is InChI=1S/C15H24N2O8/c1-13(2)23-4-14(25-13)7(18)6-11(22-3)16-5-17-15(6)8(19)10(14)24-12(21)9(15)20/h6-11,16-20H,4-5H2,1-3H3/t6?,7?,8-,9+,10?,11+,14?,15?/m0/s1. The van der Waals surface area contributed by atoms with Crippen LogP contribution in [0.3, 0.4) is 0 Å². The molecule has 3 saturated heterocycles. The Morgan fingerprint density at radius 2 is 1.96 bits per heavy atom. The van der Waals surface area contributed by atoms with E-state index in [0.29, 0.717) is 0 Å². The maximum atomic E-state index is 12.3. The largest absolute Gasteiger partial charge is 0.454 e. The number of ether oxygens (including phenoxy) is 4. The molecule has 4 aliphatic rings. The predicted octanol–water partition coefficient (Wildman–Crippen LogP) is -2.99. The number of rotatable bonds is 1. The Bertz CT molecular complexity index is 588. The van der Waals surface area contributed by atoms with Gasteiger partial charge in [-0.1, -0.05) is 0 Å². The number of carbonyl (C=O) groups excluding carboxylic acids is 1. The SMILES string of the molecule is CO[C@H]1NCNC23C1C(O)C1(COC(C)(C)O1)C(OC(=O)[C@H]2O)[C@@H]3O. The molecule has 0 aromatic heterocycles. The Labute approximate surface area is 144 Å². The van der Waals surface area contributed by atoms with Crippen LogP contribution >= 0.6 is 0 Å². The van der Waals surface area contributed by atoms with Gasteiger partial charge in [0.25, 0.3) is 0 Å². The summed E-state index contributed by atoms with van der Waals surface area (Å²) in [5.74, 6) is -2.80. The first-order chi connectivity index (χ1) is 11.7. The third-order valence-corrected chi connectivity index (χ3v) is 5.93. The molecule has 10 nitrogen and oxygen atoms in total. The van der Waals surface area contributed by atoms with Crippen molar-refractivity contribution in [3.63, 3.8) is 0 Å². The molecule has 2 bridgehead atoms. The Hall–Kier alpha value is -0.850. The Kier molecular flexibility index (Phi) is 3.75. The van der Waals surface area contributed by atoms with E-state index < -0.39 is 59.5 Å². The molecule has 0 amide bonds. The summed E-state index contributed by atoms with van der Waals surface area (Å²) >= 11 is 0. The second kappa shape index (κ2) is 5.33. The van der Waals surface area contributed by atoms with E-state index in [1.54, 1.807) is 13.8 Å². The quantitative estimate of drug-likeness (QED) is 0.308. The predicted molar refractivity (Wildman–Crippen MR) is 79.9 cm³/mol. The van der Waals surface area contributed by atoms with Crippen molar-refractivity contribution < 1.29 is 39.1 Å². The zero-order chi connectivity index (χ0) is 18.2. The Balaban J connectivity index is 1.87. The summed E-state index contributed by atoms with van der Waals surface area (Å²) in [5, 5.41) is 38.8. The number of aliphatic hydroxyl groups is 3. The third-order valence-electron chi connectivity index (χ3n) is 5.93. The van der Waals surface area contributed by atoms with E-state index in [0.717, 1.165) is 0 Å². The van der Waals surface area contributed by atoms with Crippen molar-refractivity contribution in [2.45, 2.75) is 61.4 Å². The molecular formula is C15H24N2O8. The lowest BCUT2D eigenvalue weighted by molar-refractivity contribution is -0.323. The molecule has 0 aromatic rings. The first-order valence-corrected chi connectivity index (χ1v) is 8.29. The summed E-state index contributed by atoms with van der Waals surface area (Å²) < 4.78 is 22.3. The van der Waals surface area contributed by atoms with Crippen LogP contribution in [0.25, 0.3) is 0 Å². The van der Waals surface area contributed by atoms with Gasteiger partial charge in [-0.15, -0.1) is 0 Å². The summed E-state index contributed by atoms with van der Waals surface area (Å²) in [6, 6.07) is 0. The summed E-state index contributed by atoms with van der Waals surface area (Å²) in [6.45, 7) is 3.45. The van der Waals surface area contributed by atoms with Crippen LogP contribution in [0, 0.1) is 5.92 Å². The smallest absolute Gasteiger partial charge is 0.337 e. The van der Waals surface area contributed by atoms with Crippen molar-refractivity contribution in [1.29, 1.82) is 0 Å². The van der Waals surface area contributed by atoms with Crippen molar-refractivity contribution in [1.82, 2.24) is 10.6 Å². The fraction of sp³-hybridized carbons (Fsp3) is 0.933. The molecule has 8 atom stereocenters. The van der Waals surface area contributed by atoms with Gasteiger partial charge in [-0.25, -0.2) is 4.79 Å². The number of hydrogen-bond donors (Lipinski definition) is 5. The van der Waals surface area contributed by atoms with Gasteiger partial charge >= 0.3 is 5.97 Å². The van der Waals surface area contributed by atoms with Crippen molar-refractivity contribution in [2.75, 3.05) is 20.4 Å². The van der Waals surface area contributed by atoms with Gasteiger partial charge in [-0.05, 0) is 13.8 Å². The van der Waals surface area contributed by atoms with Crippen molar-refractivity contribution in [3.8, 4) is 0 Å². The first kappa shape index (κ1) is 17.6. The molecule has 142 valence electrons. The van der Waals surface area contributed by atoms with Crippen LogP contribution in [0.2, 0.25) is 0 Å². The normalized spacial score (nSPS) is 54.2. The molecule has 25 heavy (non-hydrogen) atoms. The molecule has 0 radical (unpaired) electrons. The van der Waals surface area contributed by atoms with Crippen molar-refractivity contribution in [2.24, 2.45) is 5.92 Å². The molecular weight excluding hydrogens is 336 g/mol. The summed E-state index contributed by atoms with van der Waals surface area (Å²) in [4.78, 5) is 12.3. The van der Waals surface area contributed by atoms with Crippen molar-refractivity contribution >= 4 is 5.97 Å². The van der Waals surface area contributed by atoms with E-state index in [1.165, 1.54) is 7.11 Å². The van der Waals surface area contributed by atoms with Gasteiger partial charge in [0, 0.05) is 13.8 Å². The van der Waals surface area contributed by atoms with Crippen molar-refractivity contribution in [3.05, 3.63) is 0 Å². The van der Waals surface area contributed by atoms with Gasteiger partial charge in [-0.2, -0.15) is 0 Å². The fourth-order valence-electron chi connectivity index (χ4n) is 4.83. The number of carbonyl (C=O) groups is 1. The molecule has 0 aromatic carbocycles. The van der Waals surface area contributed by atoms with Gasteiger partial charge < -0.3 is 34.3 Å². The van der Waals surface area contributed by atoms with Gasteiger partial charge in [0.15, 0.2) is 23.6 Å². The van der Waals surface area contributed by atoms with E-state index in [1.807, 2.05) is 0 Å². The number of hydrogen-bond acceptors (Lipinski definition) is 10. The highest BCUT2D eigenvalue weighted by Gasteiger charge is 2.77. The molecule has 4 rings (SSSR count). The average molecular weight is 360 g/mol. The van der Waals surface area contributed by atoms with Gasteiger partial charge in [0.2, 0.25) is 0 Å². The highest BCUT2D eigenvalue weighted by atomic mass is 16.8. The maximum Gasteiger partial charge on any atom is 0.337 e. The lowest BCUT2D eigenvalue weighted by Gasteiger charge is -2.64. The second-order valence-corrected chi connectivity index (χ2v) is 7.57. The van der Waals surface area contributed by atoms with E-state index in [9.17, 15) is 20.1 Å². The molecule has 3 heterocycles. The fourth-order valence-corrected chi connectivity index (χ4v) is 4.83. The van der Waals surface area contributed by atoms with Crippen LogP contribution in [0.15, 0.2) is 0 Å². The van der Waals surface area contributed by atoms with Crippen LogP contribution in [0.5, 0.6) is 0 Å². The highest BCUT2D eigenvalue weighted by molar-refractivity contribution is 5.79. The van der Waals surface area contributed by atoms with Crippen LogP contribution < -0.4 is 10.6 Å². The van der Waals surface area contributed by atoms with Gasteiger partial charge in [-0.3, -0.25) is 10.6 Å². The summed E-state index contributed by atoms with van der Waals surface area (Å²) in [6.07, 6.45) is -6.15. The average Bonchev–Trinajstić information content (AvgIpc) is 2.91. The van der Waals surface area contributed by atoms with Crippen LogP contribution in [-0.4, -0.2) is 89.2 Å². The molecule has 10 heteroatoms. The van der Waals surface area contributed by atoms with E-state index in [2.05, 4.69) is 10.6 Å². The Morgan fingerprint density at radius 3 is 2.56 bits per heavy atom. The minimum atomic E-state index is -1.66. The lowest BCUT2D eigenvalue weighted by Crippen LogP contribution is -2.89. The molecule has 4 fully saturated rings. The van der Waals surface area contributed by atoms with E-state index >= 15 is 0 Å². The number of esters is 1. The molecule has 1 aliphatic carbocycles. The number of methoxy groups -OCH3 is 1. The molecule has 5 unspecified atom stereocenters. The molecule has 1 saturated carbocycles. The molecule has 2 spiro atoms. The van der Waals surface area contributed by atoms with Gasteiger partial charge in [0.05, 0.1) is 24.2 Å². The zero-order valence-corrected chi connectivity index (χ0v) is 14.3. The number of nitrogens with one attached hydrogen (secondary N) is 2. The molecule has 5 N–H and O–H groups in total. The van der Waals surface area contributed by atoms with Crippen LogP contribution in [-0.2, 0) is 23.7 Å². The minimum absolute atomic E-state index is 0.0741. The summed E-state index contributed by atoms with van der Waals surface area (Å²) in [5.41, 5.74) is -2.99. The maximum absolute atomic E-state index is 12.3. The topological polar surface area (TPSA) is 139 Å². The first-order valence-electron chi connectivity index (χ1n) is 8.29. The van der Waals surface area contributed by atoms with Crippen LogP contribution in [0.4, 0.5) is 0 Å². The number of aliphatic hydroxyl groups excluding tert-OH is 3. The zero-order valence-electron chi connectivity index (χ0n) is 14.3. The lowest BCUT2D eigenvalue weighted by atomic mass is 9.57. The molecule has 3 aliphatic heterocycles. The monoisotopic (exact) mass is 360 g/mol. The van der Waals surface area contributed by atoms with E-state index in [4.69, 9.17) is 18.9 Å². The van der Waals surface area contributed by atoms with E-state index in [-0.39, 0.29) is 13.3 Å². The minimum Gasteiger partial charge on any atom is -0.454 e. The highest BCUT2D eigenvalue weighted by Crippen LogP contribution is 2.53. The summed E-state index contributed by atoms with van der Waals surface area (Å²) in [7, 11) is 1.44. The second-order valence-electron chi connectivity index (χ2n) is 7.57. The Morgan fingerprint density at radius 1 is 1.24 bits per heavy atom. The van der Waals surface area contributed by atoms with Gasteiger partial charge in [0.1, 0.15) is 12.3 Å². The number of fused-ring (bicyclic) bond motifs is 2.